The molecule has 1 N–H and O–H groups in total. The Balaban J connectivity index is 2.32. The van der Waals surface area contributed by atoms with Gasteiger partial charge in [-0.1, -0.05) is 0 Å². The molecule has 1 aliphatic rings. The van der Waals surface area contributed by atoms with Crippen LogP contribution in [0.2, 0.25) is 0 Å². The van der Waals surface area contributed by atoms with Gasteiger partial charge in [-0.05, 0) is 6.92 Å². The molecule has 0 saturated carbocycles. The van der Waals surface area contributed by atoms with Crippen molar-refractivity contribution in [2.24, 2.45) is 0 Å². The second-order valence-electron chi connectivity index (χ2n) is 2.18. The van der Waals surface area contributed by atoms with Gasteiger partial charge in [0.2, 0.25) is 0 Å². The van der Waals surface area contributed by atoms with E-state index in [1.807, 2.05) is 6.92 Å². The molecule has 0 spiro atoms. The van der Waals surface area contributed by atoms with Crippen molar-refractivity contribution < 1.29 is 14.6 Å². The van der Waals surface area contributed by atoms with E-state index in [9.17, 15) is 5.11 Å². The Hall–Kier alpha value is -0.120. The second kappa shape index (κ2) is 2.64. The van der Waals surface area contributed by atoms with Crippen LogP contribution in [0, 0.1) is 0 Å². The zero-order valence-electron chi connectivity index (χ0n) is 5.59. The molecule has 0 unspecified atom stereocenters. The Morgan fingerprint density at radius 2 is 2.56 bits per heavy atom. The van der Waals surface area contributed by atoms with E-state index >= 15 is 0 Å². The van der Waals surface area contributed by atoms with Crippen molar-refractivity contribution in [1.82, 2.24) is 0 Å². The average molecular weight is 132 g/mol. The molecule has 0 amide bonds. The highest BCUT2D eigenvalue weighted by Gasteiger charge is 2.32. The Kier molecular flexibility index (Phi) is 2.05. The summed E-state index contributed by atoms with van der Waals surface area (Å²) in [5, 5.41) is 9.34. The third-order valence-electron chi connectivity index (χ3n) is 1.38. The fraction of sp³-hybridized carbons (Fsp3) is 1.00. The van der Waals surface area contributed by atoms with E-state index in [1.54, 1.807) is 0 Å². The topological polar surface area (TPSA) is 38.7 Å². The third kappa shape index (κ3) is 1.64. The number of aliphatic hydroxyl groups is 1. The van der Waals surface area contributed by atoms with E-state index in [4.69, 9.17) is 9.47 Å². The monoisotopic (exact) mass is 132 g/mol. The maximum atomic E-state index is 9.34. The second-order valence-corrected chi connectivity index (χ2v) is 2.18. The molecule has 0 bridgehead atoms. The van der Waals surface area contributed by atoms with Gasteiger partial charge in [0.25, 0.3) is 0 Å². The number of rotatable bonds is 2. The molecule has 0 aromatic carbocycles. The van der Waals surface area contributed by atoms with Crippen LogP contribution < -0.4 is 0 Å². The molecule has 1 atom stereocenters. The zero-order valence-corrected chi connectivity index (χ0v) is 5.59. The fourth-order valence-electron chi connectivity index (χ4n) is 0.918. The molecule has 3 heteroatoms. The van der Waals surface area contributed by atoms with Crippen LogP contribution in [0.3, 0.4) is 0 Å². The molecule has 9 heavy (non-hydrogen) atoms. The number of ether oxygens (including phenoxy) is 2. The third-order valence-corrected chi connectivity index (χ3v) is 1.38. The first-order valence-corrected chi connectivity index (χ1v) is 3.21. The number of hydrogen-bond donors (Lipinski definition) is 1. The zero-order chi connectivity index (χ0) is 6.74. The minimum absolute atomic E-state index is 0.320. The summed E-state index contributed by atoms with van der Waals surface area (Å²) in [6.45, 7) is 3.33. The molecule has 1 heterocycles. The van der Waals surface area contributed by atoms with Crippen LogP contribution in [0.15, 0.2) is 0 Å². The van der Waals surface area contributed by atoms with Gasteiger partial charge < -0.3 is 14.6 Å². The summed E-state index contributed by atoms with van der Waals surface area (Å²) in [7, 11) is 0. The highest BCUT2D eigenvalue weighted by atomic mass is 16.7. The smallest absolute Gasteiger partial charge is 0.191 e. The minimum Gasteiger partial charge on any atom is -0.376 e. The van der Waals surface area contributed by atoms with Crippen molar-refractivity contribution in [1.29, 1.82) is 0 Å². The van der Waals surface area contributed by atoms with E-state index in [1.165, 1.54) is 0 Å². The summed E-state index contributed by atoms with van der Waals surface area (Å²) >= 11 is 0. The van der Waals surface area contributed by atoms with Crippen LogP contribution in [0.5, 0.6) is 0 Å². The normalized spacial score (nSPS) is 35.3. The maximum absolute atomic E-state index is 9.34. The highest BCUT2D eigenvalue weighted by Crippen LogP contribution is 2.18. The first kappa shape index (κ1) is 6.99. The van der Waals surface area contributed by atoms with Crippen molar-refractivity contribution in [2.75, 3.05) is 19.8 Å². The van der Waals surface area contributed by atoms with Crippen molar-refractivity contribution in [3.8, 4) is 0 Å². The molecule has 1 aliphatic heterocycles. The van der Waals surface area contributed by atoms with Crippen LogP contribution in [-0.2, 0) is 9.47 Å². The molecule has 3 nitrogen and oxygen atoms in total. The van der Waals surface area contributed by atoms with Gasteiger partial charge in [-0.25, -0.2) is 0 Å². The first-order chi connectivity index (χ1) is 4.27. The Morgan fingerprint density at radius 3 is 3.00 bits per heavy atom. The van der Waals surface area contributed by atoms with E-state index in [2.05, 4.69) is 0 Å². The van der Waals surface area contributed by atoms with Gasteiger partial charge in [-0.2, -0.15) is 0 Å². The van der Waals surface area contributed by atoms with Gasteiger partial charge in [-0.15, -0.1) is 0 Å². The van der Waals surface area contributed by atoms with Crippen molar-refractivity contribution in [3.05, 3.63) is 0 Å². The minimum atomic E-state index is -0.977. The maximum Gasteiger partial charge on any atom is 0.191 e. The summed E-state index contributed by atoms with van der Waals surface area (Å²) < 4.78 is 9.96. The Morgan fingerprint density at radius 1 is 1.78 bits per heavy atom. The van der Waals surface area contributed by atoms with Gasteiger partial charge in [-0.3, -0.25) is 0 Å². The molecule has 1 rings (SSSR count). The molecular formula is C6H12O3. The Bertz CT molecular complexity index is 86.3. The van der Waals surface area contributed by atoms with Gasteiger partial charge in [0.1, 0.15) is 6.61 Å². The predicted octanol–water partition coefficient (Wildman–Crippen LogP) is 0.132. The van der Waals surface area contributed by atoms with Crippen LogP contribution in [0.4, 0.5) is 0 Å². The van der Waals surface area contributed by atoms with Gasteiger partial charge >= 0.3 is 0 Å². The van der Waals surface area contributed by atoms with Gasteiger partial charge in [0.15, 0.2) is 5.79 Å². The van der Waals surface area contributed by atoms with E-state index < -0.39 is 5.79 Å². The molecule has 54 valence electrons. The van der Waals surface area contributed by atoms with E-state index in [0.717, 1.165) is 0 Å². The summed E-state index contributed by atoms with van der Waals surface area (Å²) in [5.74, 6) is -0.977. The molecular weight excluding hydrogens is 120 g/mol. The molecule has 0 radical (unpaired) electrons. The van der Waals surface area contributed by atoms with Crippen molar-refractivity contribution in [2.45, 2.75) is 19.1 Å². The molecule has 1 saturated heterocycles. The lowest BCUT2D eigenvalue weighted by Gasteiger charge is -2.19. The standard InChI is InChI=1S/C6H12O3/c1-2-9-6(7)3-4-8-5-6/h7H,2-5H2,1H3/t6-/m0/s1. The Labute approximate surface area is 54.6 Å². The summed E-state index contributed by atoms with van der Waals surface area (Å²) in [4.78, 5) is 0. The predicted molar refractivity (Wildman–Crippen MR) is 32.0 cm³/mol. The van der Waals surface area contributed by atoms with Crippen molar-refractivity contribution in [3.63, 3.8) is 0 Å². The van der Waals surface area contributed by atoms with E-state index in [-0.39, 0.29) is 0 Å². The van der Waals surface area contributed by atoms with Gasteiger partial charge in [0.05, 0.1) is 6.61 Å². The molecule has 1 fully saturated rings. The summed E-state index contributed by atoms with van der Waals surface area (Å²) in [6.07, 6.45) is 0.598. The lowest BCUT2D eigenvalue weighted by Crippen LogP contribution is -2.32. The first-order valence-electron chi connectivity index (χ1n) is 3.21. The lowest BCUT2D eigenvalue weighted by atomic mass is 10.2. The van der Waals surface area contributed by atoms with Crippen LogP contribution in [0.1, 0.15) is 13.3 Å². The average Bonchev–Trinajstić information content (AvgIpc) is 2.16. The summed E-state index contributed by atoms with van der Waals surface area (Å²) in [5.41, 5.74) is 0. The number of hydrogen-bond acceptors (Lipinski definition) is 3. The fourth-order valence-corrected chi connectivity index (χ4v) is 0.918. The quantitative estimate of drug-likeness (QED) is 0.543. The molecule has 0 aliphatic carbocycles. The van der Waals surface area contributed by atoms with Gasteiger partial charge in [0, 0.05) is 13.0 Å². The van der Waals surface area contributed by atoms with Crippen LogP contribution in [0.25, 0.3) is 0 Å². The lowest BCUT2D eigenvalue weighted by molar-refractivity contribution is -0.196. The largest absolute Gasteiger partial charge is 0.376 e. The van der Waals surface area contributed by atoms with E-state index in [0.29, 0.717) is 26.2 Å². The highest BCUT2D eigenvalue weighted by molar-refractivity contribution is 4.71. The SMILES string of the molecule is CCO[C@@]1(O)CCOC1. The van der Waals surface area contributed by atoms with Crippen LogP contribution in [-0.4, -0.2) is 30.7 Å². The molecule has 0 aromatic heterocycles. The van der Waals surface area contributed by atoms with Crippen molar-refractivity contribution >= 4 is 0 Å². The molecule has 0 aromatic rings. The summed E-state index contributed by atoms with van der Waals surface area (Å²) in [6, 6.07) is 0. The van der Waals surface area contributed by atoms with Crippen LogP contribution >= 0.6 is 0 Å².